The molecule has 1 aromatic heterocycles. The van der Waals surface area contributed by atoms with Crippen LogP contribution < -0.4 is 9.47 Å². The quantitative estimate of drug-likeness (QED) is 0.816. The van der Waals surface area contributed by atoms with E-state index in [1.165, 1.54) is 16.4 Å². The van der Waals surface area contributed by atoms with Gasteiger partial charge in [-0.05, 0) is 41.2 Å². The lowest BCUT2D eigenvalue weighted by atomic mass is 9.82. The van der Waals surface area contributed by atoms with Crippen LogP contribution in [0.2, 0.25) is 0 Å². The molecule has 1 aromatic carbocycles. The van der Waals surface area contributed by atoms with E-state index in [0.29, 0.717) is 31.2 Å². The summed E-state index contributed by atoms with van der Waals surface area (Å²) in [5, 5.41) is 10.2. The smallest absolute Gasteiger partial charge is 0.231 e. The molecule has 2 atom stereocenters. The first-order valence-corrected chi connectivity index (χ1v) is 10.3. The SMILES string of the molecule is O=C(Cc1ccc2c(c1)OCO2)N1CC2CN(Cc3ccns3)CC2(CO)C1. The predicted octanol–water partition coefficient (Wildman–Crippen LogP) is 1.37. The van der Waals surface area contributed by atoms with Crippen LogP contribution in [-0.2, 0) is 17.8 Å². The Morgan fingerprint density at radius 2 is 2.14 bits per heavy atom. The largest absolute Gasteiger partial charge is 0.454 e. The number of ether oxygens (including phenoxy) is 2. The maximum absolute atomic E-state index is 12.9. The summed E-state index contributed by atoms with van der Waals surface area (Å²) in [5.41, 5.74) is 0.714. The van der Waals surface area contributed by atoms with Crippen molar-refractivity contribution in [3.05, 3.63) is 40.9 Å². The van der Waals surface area contributed by atoms with E-state index in [9.17, 15) is 9.90 Å². The summed E-state index contributed by atoms with van der Waals surface area (Å²) in [5.74, 6) is 1.85. The topological polar surface area (TPSA) is 75.1 Å². The molecule has 0 bridgehead atoms. The molecule has 3 aliphatic rings. The van der Waals surface area contributed by atoms with Gasteiger partial charge in [0.1, 0.15) is 0 Å². The fourth-order valence-corrected chi connectivity index (χ4v) is 5.33. The van der Waals surface area contributed by atoms with Crippen molar-refractivity contribution < 1.29 is 19.4 Å². The van der Waals surface area contributed by atoms with E-state index in [2.05, 4.69) is 9.27 Å². The fraction of sp³-hybridized carbons (Fsp3) is 0.500. The Morgan fingerprint density at radius 3 is 2.93 bits per heavy atom. The molecule has 0 spiro atoms. The molecule has 3 aliphatic heterocycles. The standard InChI is InChI=1S/C20H23N3O4S/c24-12-20-10-22(9-16-3-4-21-28-16)7-15(20)8-23(11-20)19(25)6-14-1-2-17-18(5-14)27-13-26-17/h1-5,15,24H,6-13H2. The summed E-state index contributed by atoms with van der Waals surface area (Å²) in [7, 11) is 0. The Hall–Kier alpha value is -2.16. The third-order valence-corrected chi connectivity index (χ3v) is 6.89. The summed E-state index contributed by atoms with van der Waals surface area (Å²) in [6, 6.07) is 7.71. The predicted molar refractivity (Wildman–Crippen MR) is 103 cm³/mol. The molecule has 8 heteroatoms. The van der Waals surface area contributed by atoms with E-state index in [0.717, 1.165) is 30.9 Å². The second-order valence-electron chi connectivity index (χ2n) is 8.00. The van der Waals surface area contributed by atoms with Crippen LogP contribution in [0.4, 0.5) is 0 Å². The summed E-state index contributed by atoms with van der Waals surface area (Å²) >= 11 is 1.52. The molecule has 2 saturated heterocycles. The number of rotatable bonds is 5. The van der Waals surface area contributed by atoms with Gasteiger partial charge in [0.2, 0.25) is 12.7 Å². The van der Waals surface area contributed by atoms with Crippen LogP contribution in [0.25, 0.3) is 0 Å². The lowest BCUT2D eigenvalue weighted by Gasteiger charge is -2.27. The van der Waals surface area contributed by atoms with Crippen LogP contribution in [0.1, 0.15) is 10.4 Å². The van der Waals surface area contributed by atoms with Crippen molar-refractivity contribution in [3.63, 3.8) is 0 Å². The minimum absolute atomic E-state index is 0.107. The second kappa shape index (κ2) is 7.02. The minimum Gasteiger partial charge on any atom is -0.454 e. The van der Waals surface area contributed by atoms with Crippen molar-refractivity contribution in [1.82, 2.24) is 14.2 Å². The van der Waals surface area contributed by atoms with Crippen molar-refractivity contribution in [2.24, 2.45) is 11.3 Å². The van der Waals surface area contributed by atoms with Gasteiger partial charge in [0, 0.05) is 49.2 Å². The molecule has 1 N–H and O–H groups in total. The van der Waals surface area contributed by atoms with E-state index in [1.54, 1.807) is 0 Å². The van der Waals surface area contributed by atoms with Crippen LogP contribution in [0.15, 0.2) is 30.5 Å². The van der Waals surface area contributed by atoms with Gasteiger partial charge in [-0.2, -0.15) is 0 Å². The number of amides is 1. The number of carbonyl (C=O) groups excluding carboxylic acids is 1. The number of benzene rings is 1. The molecular formula is C20H23N3O4S. The number of likely N-dealkylation sites (tertiary alicyclic amines) is 2. The van der Waals surface area contributed by atoms with E-state index in [1.807, 2.05) is 35.4 Å². The van der Waals surface area contributed by atoms with E-state index in [4.69, 9.17) is 9.47 Å². The van der Waals surface area contributed by atoms with Gasteiger partial charge in [0.25, 0.3) is 0 Å². The molecule has 2 unspecified atom stereocenters. The highest BCUT2D eigenvalue weighted by molar-refractivity contribution is 7.05. The lowest BCUT2D eigenvalue weighted by Crippen LogP contribution is -2.39. The van der Waals surface area contributed by atoms with Gasteiger partial charge in [-0.25, -0.2) is 4.37 Å². The monoisotopic (exact) mass is 401 g/mol. The Bertz CT molecular complexity index is 874. The number of nitrogens with zero attached hydrogens (tertiary/aromatic N) is 3. The number of hydrogen-bond acceptors (Lipinski definition) is 7. The molecule has 2 aromatic rings. The van der Waals surface area contributed by atoms with Crippen molar-refractivity contribution >= 4 is 17.4 Å². The molecule has 148 valence electrons. The van der Waals surface area contributed by atoms with Gasteiger partial charge in [0.15, 0.2) is 11.5 Å². The van der Waals surface area contributed by atoms with Crippen LogP contribution in [0.3, 0.4) is 0 Å². The highest BCUT2D eigenvalue weighted by atomic mass is 32.1. The minimum atomic E-state index is -0.213. The Kier molecular flexibility index (Phi) is 4.49. The first-order chi connectivity index (χ1) is 13.6. The summed E-state index contributed by atoms with van der Waals surface area (Å²) in [4.78, 5) is 18.4. The zero-order chi connectivity index (χ0) is 19.1. The van der Waals surface area contributed by atoms with Crippen LogP contribution >= 0.6 is 11.5 Å². The number of hydrogen-bond donors (Lipinski definition) is 1. The molecule has 0 aliphatic carbocycles. The van der Waals surface area contributed by atoms with Crippen LogP contribution in [0, 0.1) is 11.3 Å². The maximum Gasteiger partial charge on any atom is 0.231 e. The number of carbonyl (C=O) groups is 1. The van der Waals surface area contributed by atoms with E-state index in [-0.39, 0.29) is 24.7 Å². The number of fused-ring (bicyclic) bond motifs is 2. The summed E-state index contributed by atoms with van der Waals surface area (Å²) in [6.07, 6.45) is 2.17. The highest BCUT2D eigenvalue weighted by Gasteiger charge is 2.52. The van der Waals surface area contributed by atoms with Gasteiger partial charge in [0.05, 0.1) is 13.0 Å². The molecule has 4 heterocycles. The maximum atomic E-state index is 12.9. The highest BCUT2D eigenvalue weighted by Crippen LogP contribution is 2.43. The molecular weight excluding hydrogens is 378 g/mol. The van der Waals surface area contributed by atoms with Crippen LogP contribution in [-0.4, -0.2) is 64.8 Å². The summed E-state index contributed by atoms with van der Waals surface area (Å²) < 4.78 is 14.9. The Balaban J connectivity index is 1.23. The molecule has 7 nitrogen and oxygen atoms in total. The molecule has 0 radical (unpaired) electrons. The van der Waals surface area contributed by atoms with Crippen molar-refractivity contribution in [3.8, 4) is 11.5 Å². The lowest BCUT2D eigenvalue weighted by molar-refractivity contribution is -0.130. The number of aromatic nitrogens is 1. The third kappa shape index (κ3) is 3.15. The molecule has 0 saturated carbocycles. The first kappa shape index (κ1) is 17.9. The van der Waals surface area contributed by atoms with Crippen molar-refractivity contribution in [2.75, 3.05) is 39.6 Å². The molecule has 5 rings (SSSR count). The van der Waals surface area contributed by atoms with Crippen molar-refractivity contribution in [1.29, 1.82) is 0 Å². The van der Waals surface area contributed by atoms with Crippen molar-refractivity contribution in [2.45, 2.75) is 13.0 Å². The van der Waals surface area contributed by atoms with Crippen LogP contribution in [0.5, 0.6) is 11.5 Å². The molecule has 2 fully saturated rings. The van der Waals surface area contributed by atoms with Gasteiger partial charge < -0.3 is 19.5 Å². The third-order valence-electron chi connectivity index (χ3n) is 6.16. The van der Waals surface area contributed by atoms with Gasteiger partial charge >= 0.3 is 0 Å². The van der Waals surface area contributed by atoms with Gasteiger partial charge in [-0.1, -0.05) is 6.07 Å². The Labute approximate surface area is 167 Å². The number of aliphatic hydroxyl groups excluding tert-OH is 1. The second-order valence-corrected chi connectivity index (χ2v) is 8.92. The summed E-state index contributed by atoms with van der Waals surface area (Å²) in [6.45, 7) is 4.28. The average molecular weight is 401 g/mol. The van der Waals surface area contributed by atoms with Gasteiger partial charge in [-0.15, -0.1) is 0 Å². The zero-order valence-electron chi connectivity index (χ0n) is 15.5. The molecule has 1 amide bonds. The first-order valence-electron chi connectivity index (χ1n) is 9.54. The normalized spacial score (nSPS) is 26.0. The molecule has 28 heavy (non-hydrogen) atoms. The zero-order valence-corrected chi connectivity index (χ0v) is 16.4. The fourth-order valence-electron chi connectivity index (χ4n) is 4.71. The number of aliphatic hydroxyl groups is 1. The average Bonchev–Trinajstić information content (AvgIpc) is 3.45. The van der Waals surface area contributed by atoms with E-state index >= 15 is 0 Å². The Morgan fingerprint density at radius 1 is 1.25 bits per heavy atom. The van der Waals surface area contributed by atoms with E-state index < -0.39 is 0 Å². The van der Waals surface area contributed by atoms with Gasteiger partial charge in [-0.3, -0.25) is 9.69 Å².